The van der Waals surface area contributed by atoms with Gasteiger partial charge in [-0.3, -0.25) is 9.78 Å². The van der Waals surface area contributed by atoms with Gasteiger partial charge in [-0.1, -0.05) is 0 Å². The molecule has 0 amide bonds. The Morgan fingerprint density at radius 3 is 3.22 bits per heavy atom. The number of hydrogen-bond donors (Lipinski definition) is 3. The summed E-state index contributed by atoms with van der Waals surface area (Å²) in [6.07, 6.45) is 2.46. The highest BCUT2D eigenvalue weighted by molar-refractivity contribution is 7.99. The van der Waals surface area contributed by atoms with Crippen molar-refractivity contribution in [1.82, 2.24) is 19.5 Å². The van der Waals surface area contributed by atoms with Crippen molar-refractivity contribution in [3.8, 4) is 0 Å². The fourth-order valence-electron chi connectivity index (χ4n) is 2.14. The minimum Gasteiger partial charge on any atom is -0.396 e. The number of anilines is 1. The molecule has 4 N–H and O–H groups in total. The van der Waals surface area contributed by atoms with Crippen molar-refractivity contribution >= 4 is 28.9 Å². The van der Waals surface area contributed by atoms with Crippen LogP contribution >= 0.6 is 11.8 Å². The molecule has 1 saturated heterocycles. The predicted octanol–water partition coefficient (Wildman–Crippen LogP) is -0.0542. The zero-order valence-electron chi connectivity index (χ0n) is 9.54. The number of aliphatic hydroxyl groups is 1. The quantitative estimate of drug-likeness (QED) is 0.703. The van der Waals surface area contributed by atoms with Gasteiger partial charge in [0.1, 0.15) is 0 Å². The molecule has 0 saturated carbocycles. The zero-order chi connectivity index (χ0) is 12.7. The van der Waals surface area contributed by atoms with Crippen LogP contribution in [0, 0.1) is 5.92 Å². The van der Waals surface area contributed by atoms with Gasteiger partial charge in [-0.2, -0.15) is 4.98 Å². The topological polar surface area (TPSA) is 110 Å². The number of rotatable bonds is 2. The van der Waals surface area contributed by atoms with Gasteiger partial charge in [-0.05, 0) is 12.3 Å². The largest absolute Gasteiger partial charge is 0.396 e. The normalized spacial score (nSPS) is 23.8. The van der Waals surface area contributed by atoms with Crippen LogP contribution in [-0.2, 0) is 0 Å². The third-order valence-corrected chi connectivity index (χ3v) is 4.55. The molecule has 0 radical (unpaired) electrons. The van der Waals surface area contributed by atoms with Crippen LogP contribution < -0.4 is 11.3 Å². The van der Waals surface area contributed by atoms with Gasteiger partial charge in [0.2, 0.25) is 5.95 Å². The Bertz CT molecular complexity index is 637. The lowest BCUT2D eigenvalue weighted by Gasteiger charge is -2.11. The first-order chi connectivity index (χ1) is 8.69. The molecule has 0 bridgehead atoms. The monoisotopic (exact) mass is 267 g/mol. The Morgan fingerprint density at radius 1 is 1.67 bits per heavy atom. The smallest absolute Gasteiger partial charge is 0.280 e. The maximum atomic E-state index is 11.7. The Hall–Kier alpha value is -1.54. The Labute approximate surface area is 106 Å². The minimum atomic E-state index is -0.321. The van der Waals surface area contributed by atoms with E-state index in [2.05, 4.69) is 15.0 Å². The number of nitrogens with zero attached hydrogens (tertiary/aromatic N) is 3. The molecule has 96 valence electrons. The van der Waals surface area contributed by atoms with Crippen molar-refractivity contribution in [2.45, 2.75) is 11.8 Å². The third kappa shape index (κ3) is 1.77. The average Bonchev–Trinajstić information content (AvgIpc) is 2.93. The number of nitrogens with one attached hydrogen (secondary N) is 1. The van der Waals surface area contributed by atoms with Crippen LogP contribution in [0.5, 0.6) is 0 Å². The first kappa shape index (κ1) is 11.5. The van der Waals surface area contributed by atoms with Crippen molar-refractivity contribution < 1.29 is 5.11 Å². The van der Waals surface area contributed by atoms with E-state index in [0.717, 1.165) is 12.2 Å². The van der Waals surface area contributed by atoms with Gasteiger partial charge < -0.3 is 15.4 Å². The molecule has 1 aliphatic heterocycles. The third-order valence-electron chi connectivity index (χ3n) is 3.08. The predicted molar refractivity (Wildman–Crippen MR) is 69.2 cm³/mol. The number of H-pyrrole nitrogens is 1. The number of aromatic nitrogens is 4. The fraction of sp³-hybridized carbons (Fsp3) is 0.500. The van der Waals surface area contributed by atoms with Crippen molar-refractivity contribution in [3.63, 3.8) is 0 Å². The molecule has 3 heterocycles. The molecule has 8 heteroatoms. The number of nitrogen functional groups attached to an aromatic ring is 1. The van der Waals surface area contributed by atoms with Crippen molar-refractivity contribution in [3.05, 3.63) is 16.7 Å². The van der Waals surface area contributed by atoms with Crippen LogP contribution in [0.15, 0.2) is 11.1 Å². The van der Waals surface area contributed by atoms with Crippen LogP contribution in [0.25, 0.3) is 11.2 Å². The molecule has 0 spiro atoms. The van der Waals surface area contributed by atoms with Gasteiger partial charge in [0.25, 0.3) is 5.56 Å². The van der Waals surface area contributed by atoms with E-state index < -0.39 is 0 Å². The number of fused-ring (bicyclic) bond motifs is 1. The Kier molecular flexibility index (Phi) is 2.75. The standard InChI is InChI=1S/C10H13N5O2S/c11-10-13-8-7(9(17)14-10)12-4-15(8)6-1-5(2-16)3-18-6/h4-6,16H,1-3H2,(H3,11,13,14,17)/t5-,6-/m1/s1. The second-order valence-corrected chi connectivity index (χ2v) is 5.56. The number of nitrogens with two attached hydrogens (primary N) is 1. The number of imidazole rings is 1. The first-order valence-corrected chi connectivity index (χ1v) is 6.68. The Morgan fingerprint density at radius 2 is 2.50 bits per heavy atom. The van der Waals surface area contributed by atoms with E-state index in [1.165, 1.54) is 0 Å². The van der Waals surface area contributed by atoms with E-state index in [-0.39, 0.29) is 29.4 Å². The maximum absolute atomic E-state index is 11.7. The van der Waals surface area contributed by atoms with Crippen molar-refractivity contribution in [1.29, 1.82) is 0 Å². The molecule has 3 rings (SSSR count). The maximum Gasteiger partial charge on any atom is 0.280 e. The van der Waals surface area contributed by atoms with Crippen molar-refractivity contribution in [2.24, 2.45) is 5.92 Å². The minimum absolute atomic E-state index is 0.0935. The summed E-state index contributed by atoms with van der Waals surface area (Å²) < 4.78 is 1.86. The van der Waals surface area contributed by atoms with Crippen LogP contribution in [0.4, 0.5) is 5.95 Å². The van der Waals surface area contributed by atoms with E-state index in [1.807, 2.05) is 4.57 Å². The highest BCUT2D eigenvalue weighted by Crippen LogP contribution is 2.40. The molecule has 0 unspecified atom stereocenters. The SMILES string of the molecule is Nc1nc2c(ncn2[C@H]2C[C@H](CO)CS2)c(=O)[nH]1. The van der Waals surface area contributed by atoms with Gasteiger partial charge in [0, 0.05) is 12.4 Å². The molecule has 0 aliphatic carbocycles. The number of thioether (sulfide) groups is 1. The number of hydrogen-bond acceptors (Lipinski definition) is 6. The molecule has 0 aromatic carbocycles. The van der Waals surface area contributed by atoms with Crippen LogP contribution in [-0.4, -0.2) is 37.0 Å². The van der Waals surface area contributed by atoms with Gasteiger partial charge in [0.15, 0.2) is 11.2 Å². The lowest BCUT2D eigenvalue weighted by molar-refractivity contribution is 0.233. The van der Waals surface area contributed by atoms with Gasteiger partial charge in [-0.25, -0.2) is 4.98 Å². The lowest BCUT2D eigenvalue weighted by atomic mass is 10.1. The molecule has 7 nitrogen and oxygen atoms in total. The second kappa shape index (κ2) is 4.29. The number of aromatic amines is 1. The van der Waals surface area contributed by atoms with Gasteiger partial charge >= 0.3 is 0 Å². The summed E-state index contributed by atoms with van der Waals surface area (Å²) in [4.78, 5) is 22.3. The highest BCUT2D eigenvalue weighted by Gasteiger charge is 2.27. The molecule has 2 atom stereocenters. The van der Waals surface area contributed by atoms with Crippen LogP contribution in [0.3, 0.4) is 0 Å². The second-order valence-electron chi connectivity index (χ2n) is 4.35. The fourth-order valence-corrected chi connectivity index (χ4v) is 3.60. The summed E-state index contributed by atoms with van der Waals surface area (Å²) in [5.41, 5.74) is 6.04. The molecule has 1 fully saturated rings. The molecule has 2 aromatic heterocycles. The molecular formula is C10H13N5O2S. The molecule has 1 aliphatic rings. The summed E-state index contributed by atoms with van der Waals surface area (Å²) >= 11 is 1.73. The summed E-state index contributed by atoms with van der Waals surface area (Å²) in [6.45, 7) is 0.187. The van der Waals surface area contributed by atoms with Gasteiger partial charge in [-0.15, -0.1) is 11.8 Å². The van der Waals surface area contributed by atoms with Crippen molar-refractivity contribution in [2.75, 3.05) is 18.1 Å². The highest BCUT2D eigenvalue weighted by atomic mass is 32.2. The van der Waals surface area contributed by atoms with Crippen LogP contribution in [0.2, 0.25) is 0 Å². The lowest BCUT2D eigenvalue weighted by Crippen LogP contribution is -2.13. The molecule has 18 heavy (non-hydrogen) atoms. The summed E-state index contributed by atoms with van der Waals surface area (Å²) in [7, 11) is 0. The van der Waals surface area contributed by atoms with E-state index in [1.54, 1.807) is 18.1 Å². The average molecular weight is 267 g/mol. The van der Waals surface area contributed by atoms with Gasteiger partial charge in [0.05, 0.1) is 11.7 Å². The van der Waals surface area contributed by atoms with E-state index in [0.29, 0.717) is 11.2 Å². The summed E-state index contributed by atoms with van der Waals surface area (Å²) in [5.74, 6) is 1.28. The van der Waals surface area contributed by atoms with E-state index in [4.69, 9.17) is 10.8 Å². The summed E-state index contributed by atoms with van der Waals surface area (Å²) in [5, 5.41) is 9.31. The Balaban J connectivity index is 2.05. The summed E-state index contributed by atoms with van der Waals surface area (Å²) in [6, 6.07) is 0. The van der Waals surface area contributed by atoms with Crippen LogP contribution in [0.1, 0.15) is 11.8 Å². The molecular weight excluding hydrogens is 254 g/mol. The molecule has 2 aromatic rings. The van der Waals surface area contributed by atoms with E-state index in [9.17, 15) is 4.79 Å². The number of aliphatic hydroxyl groups excluding tert-OH is 1. The zero-order valence-corrected chi connectivity index (χ0v) is 10.4. The van der Waals surface area contributed by atoms with E-state index >= 15 is 0 Å². The first-order valence-electron chi connectivity index (χ1n) is 5.64.